The number of fused-ring (bicyclic) bond motifs is 1. The molecule has 78 valence electrons. The van der Waals surface area contributed by atoms with Crippen molar-refractivity contribution in [2.24, 2.45) is 0 Å². The predicted octanol–water partition coefficient (Wildman–Crippen LogP) is 1.41. The highest BCUT2D eigenvalue weighted by atomic mass is 19.1. The molecule has 0 atom stereocenters. The number of hydrogen-bond acceptors (Lipinski definition) is 3. The average molecular weight is 207 g/mol. The van der Waals surface area contributed by atoms with Gasteiger partial charge in [-0.25, -0.2) is 9.37 Å². The van der Waals surface area contributed by atoms with E-state index < -0.39 is 0 Å². The molecule has 0 bridgehead atoms. The second kappa shape index (κ2) is 3.34. The predicted molar refractivity (Wildman–Crippen MR) is 56.6 cm³/mol. The highest BCUT2D eigenvalue weighted by Crippen LogP contribution is 2.17. The first kappa shape index (κ1) is 9.64. The number of nitrogens with one attached hydrogen (secondary N) is 2. The van der Waals surface area contributed by atoms with E-state index in [0.717, 1.165) is 0 Å². The van der Waals surface area contributed by atoms with Crippen molar-refractivity contribution in [3.63, 3.8) is 0 Å². The average Bonchev–Trinajstić information content (AvgIpc) is 2.23. The maximum atomic E-state index is 13.7. The smallest absolute Gasteiger partial charge is 0.272 e. The number of aromatic amines is 1. The standard InChI is InChI=1S/C10H10FN3O/c1-5-4-13-9-6(8(5)11)3-7(12-2)10(15)14-9/h3-4,12H,1-2H3,(H,13,14,15). The Kier molecular flexibility index (Phi) is 2.15. The van der Waals surface area contributed by atoms with Gasteiger partial charge in [0.05, 0.1) is 5.39 Å². The van der Waals surface area contributed by atoms with Gasteiger partial charge in [0, 0.05) is 18.8 Å². The Bertz CT molecular complexity index is 577. The van der Waals surface area contributed by atoms with Gasteiger partial charge in [-0.3, -0.25) is 4.79 Å². The van der Waals surface area contributed by atoms with Gasteiger partial charge in [0.1, 0.15) is 17.2 Å². The molecule has 0 spiro atoms. The highest BCUT2D eigenvalue weighted by Gasteiger charge is 2.08. The Morgan fingerprint density at radius 3 is 2.93 bits per heavy atom. The normalized spacial score (nSPS) is 10.6. The summed E-state index contributed by atoms with van der Waals surface area (Å²) < 4.78 is 13.7. The molecular weight excluding hydrogens is 197 g/mol. The minimum atomic E-state index is -0.354. The van der Waals surface area contributed by atoms with Crippen LogP contribution in [0.4, 0.5) is 10.1 Å². The van der Waals surface area contributed by atoms with Crippen molar-refractivity contribution in [1.29, 1.82) is 0 Å². The molecule has 2 rings (SSSR count). The molecule has 5 heteroatoms. The molecule has 15 heavy (non-hydrogen) atoms. The van der Waals surface area contributed by atoms with E-state index in [1.54, 1.807) is 14.0 Å². The number of halogens is 1. The van der Waals surface area contributed by atoms with Gasteiger partial charge in [-0.05, 0) is 13.0 Å². The van der Waals surface area contributed by atoms with Crippen LogP contribution in [-0.4, -0.2) is 17.0 Å². The Hall–Kier alpha value is -1.91. The Morgan fingerprint density at radius 2 is 2.27 bits per heavy atom. The number of nitrogens with zero attached hydrogens (tertiary/aromatic N) is 1. The van der Waals surface area contributed by atoms with Crippen molar-refractivity contribution >= 4 is 16.7 Å². The van der Waals surface area contributed by atoms with Crippen LogP contribution in [0.1, 0.15) is 5.56 Å². The van der Waals surface area contributed by atoms with Crippen molar-refractivity contribution in [2.75, 3.05) is 12.4 Å². The first-order valence-corrected chi connectivity index (χ1v) is 4.49. The van der Waals surface area contributed by atoms with E-state index in [4.69, 9.17) is 0 Å². The molecule has 0 aliphatic carbocycles. The van der Waals surface area contributed by atoms with Gasteiger partial charge in [0.2, 0.25) is 0 Å². The third kappa shape index (κ3) is 1.45. The molecule has 2 aromatic rings. The van der Waals surface area contributed by atoms with Crippen molar-refractivity contribution in [1.82, 2.24) is 9.97 Å². The molecule has 0 saturated heterocycles. The number of pyridine rings is 2. The monoisotopic (exact) mass is 207 g/mol. The number of anilines is 1. The lowest BCUT2D eigenvalue weighted by Gasteiger charge is -2.04. The van der Waals surface area contributed by atoms with Crippen molar-refractivity contribution in [3.05, 3.63) is 34.0 Å². The third-order valence-corrected chi connectivity index (χ3v) is 2.26. The van der Waals surface area contributed by atoms with E-state index >= 15 is 0 Å². The van der Waals surface area contributed by atoms with Crippen LogP contribution in [0.15, 0.2) is 17.1 Å². The Labute approximate surface area is 85.2 Å². The highest BCUT2D eigenvalue weighted by molar-refractivity contribution is 5.79. The molecule has 0 unspecified atom stereocenters. The van der Waals surface area contributed by atoms with Gasteiger partial charge >= 0.3 is 0 Å². The Balaban J connectivity index is 2.89. The van der Waals surface area contributed by atoms with Gasteiger partial charge < -0.3 is 10.3 Å². The first-order chi connectivity index (χ1) is 7.13. The molecule has 0 amide bonds. The lowest BCUT2D eigenvalue weighted by atomic mass is 10.2. The Morgan fingerprint density at radius 1 is 1.53 bits per heavy atom. The zero-order chi connectivity index (χ0) is 11.0. The molecule has 0 radical (unpaired) electrons. The summed E-state index contributed by atoms with van der Waals surface area (Å²) in [6, 6.07) is 1.46. The van der Waals surface area contributed by atoms with E-state index in [-0.39, 0.29) is 17.0 Å². The molecule has 0 aliphatic rings. The zero-order valence-corrected chi connectivity index (χ0v) is 8.39. The van der Waals surface area contributed by atoms with Gasteiger partial charge in [-0.15, -0.1) is 0 Å². The summed E-state index contributed by atoms with van der Waals surface area (Å²) in [6.45, 7) is 1.63. The van der Waals surface area contributed by atoms with E-state index in [1.165, 1.54) is 12.3 Å². The second-order valence-corrected chi connectivity index (χ2v) is 3.28. The summed E-state index contributed by atoms with van der Waals surface area (Å²) in [6.07, 6.45) is 1.40. The zero-order valence-electron chi connectivity index (χ0n) is 8.39. The van der Waals surface area contributed by atoms with Crippen LogP contribution in [0.5, 0.6) is 0 Å². The number of H-pyrrole nitrogens is 1. The topological polar surface area (TPSA) is 57.8 Å². The summed E-state index contributed by atoms with van der Waals surface area (Å²) >= 11 is 0. The summed E-state index contributed by atoms with van der Waals surface area (Å²) in [5, 5.41) is 3.01. The van der Waals surface area contributed by atoms with E-state index in [0.29, 0.717) is 16.6 Å². The van der Waals surface area contributed by atoms with Crippen molar-refractivity contribution in [2.45, 2.75) is 6.92 Å². The van der Waals surface area contributed by atoms with Crippen LogP contribution in [0, 0.1) is 12.7 Å². The van der Waals surface area contributed by atoms with Crippen LogP contribution < -0.4 is 10.9 Å². The SMILES string of the molecule is CNc1cc2c(F)c(C)cnc2[nH]c1=O. The van der Waals surface area contributed by atoms with E-state index in [1.807, 2.05) is 0 Å². The van der Waals surface area contributed by atoms with Gasteiger partial charge in [-0.1, -0.05) is 0 Å². The number of aryl methyl sites for hydroxylation is 1. The maximum Gasteiger partial charge on any atom is 0.272 e. The van der Waals surface area contributed by atoms with Crippen LogP contribution in [-0.2, 0) is 0 Å². The van der Waals surface area contributed by atoms with Crippen molar-refractivity contribution < 1.29 is 4.39 Å². The molecule has 0 aliphatic heterocycles. The van der Waals surface area contributed by atoms with Crippen LogP contribution in [0.25, 0.3) is 11.0 Å². The maximum absolute atomic E-state index is 13.7. The molecule has 0 saturated carbocycles. The lowest BCUT2D eigenvalue weighted by molar-refractivity contribution is 0.628. The largest absolute Gasteiger partial charge is 0.384 e. The molecule has 0 fully saturated rings. The van der Waals surface area contributed by atoms with Crippen LogP contribution in [0.2, 0.25) is 0 Å². The summed E-state index contributed by atoms with van der Waals surface area (Å²) in [7, 11) is 1.61. The van der Waals surface area contributed by atoms with Gasteiger partial charge in [0.15, 0.2) is 0 Å². The minimum absolute atomic E-state index is 0.266. The third-order valence-electron chi connectivity index (χ3n) is 2.26. The summed E-state index contributed by atoms with van der Waals surface area (Å²) in [5.74, 6) is -0.354. The number of rotatable bonds is 1. The fraction of sp³-hybridized carbons (Fsp3) is 0.200. The number of aromatic nitrogens is 2. The lowest BCUT2D eigenvalue weighted by Crippen LogP contribution is -2.12. The van der Waals surface area contributed by atoms with Crippen LogP contribution in [0.3, 0.4) is 0 Å². The van der Waals surface area contributed by atoms with Crippen LogP contribution >= 0.6 is 0 Å². The minimum Gasteiger partial charge on any atom is -0.384 e. The molecule has 2 N–H and O–H groups in total. The molecule has 2 aromatic heterocycles. The molecule has 0 aromatic carbocycles. The molecular formula is C10H10FN3O. The van der Waals surface area contributed by atoms with Gasteiger partial charge in [0.25, 0.3) is 5.56 Å². The fourth-order valence-corrected chi connectivity index (χ4v) is 1.41. The summed E-state index contributed by atoms with van der Waals surface area (Å²) in [5.41, 5.74) is 0.744. The summed E-state index contributed by atoms with van der Waals surface area (Å²) in [4.78, 5) is 17.8. The van der Waals surface area contributed by atoms with Crippen molar-refractivity contribution in [3.8, 4) is 0 Å². The fourth-order valence-electron chi connectivity index (χ4n) is 1.41. The quantitative estimate of drug-likeness (QED) is 0.743. The molecule has 4 nitrogen and oxygen atoms in total. The first-order valence-electron chi connectivity index (χ1n) is 4.49. The van der Waals surface area contributed by atoms with Gasteiger partial charge in [-0.2, -0.15) is 0 Å². The van der Waals surface area contributed by atoms with E-state index in [2.05, 4.69) is 15.3 Å². The van der Waals surface area contributed by atoms with E-state index in [9.17, 15) is 9.18 Å². The number of hydrogen-bond donors (Lipinski definition) is 2. The second-order valence-electron chi connectivity index (χ2n) is 3.28. The molecule has 2 heterocycles.